The maximum atomic E-state index is 11.0. The molecule has 2 aromatic rings. The molecule has 0 unspecified atom stereocenters. The van der Waals surface area contributed by atoms with Gasteiger partial charge in [0.05, 0.1) is 0 Å². The molecule has 0 fully saturated rings. The van der Waals surface area contributed by atoms with Crippen molar-refractivity contribution in [3.63, 3.8) is 0 Å². The molecule has 0 aliphatic heterocycles. The minimum absolute atomic E-state index is 0.295. The monoisotopic (exact) mass is 281 g/mol. The first kappa shape index (κ1) is 15.0. The molecule has 108 valence electrons. The van der Waals surface area contributed by atoms with Crippen LogP contribution in [0.4, 0.5) is 0 Å². The molecule has 3 heteroatoms. The Hall–Kier alpha value is -2.39. The number of benzene rings is 2. The summed E-state index contributed by atoms with van der Waals surface area (Å²) in [6, 6.07) is 18.4. The predicted molar refractivity (Wildman–Crippen MR) is 83.9 cm³/mol. The smallest absolute Gasteiger partial charge is 0.243 e. The fourth-order valence-electron chi connectivity index (χ4n) is 2.05. The van der Waals surface area contributed by atoms with Crippen LogP contribution in [0.2, 0.25) is 0 Å². The topological polar surface area (TPSA) is 49.3 Å². The second kappa shape index (κ2) is 8.02. The van der Waals surface area contributed by atoms with E-state index in [-0.39, 0.29) is 5.91 Å². The molecule has 2 rings (SSSR count). The van der Waals surface area contributed by atoms with E-state index >= 15 is 0 Å². The number of carbonyl (C=O) groups is 1. The van der Waals surface area contributed by atoms with E-state index in [2.05, 4.69) is 36.4 Å². The van der Waals surface area contributed by atoms with Crippen molar-refractivity contribution in [1.82, 2.24) is 5.48 Å². The van der Waals surface area contributed by atoms with Gasteiger partial charge in [0.2, 0.25) is 5.91 Å². The molecule has 0 spiro atoms. The fraction of sp³-hybridized carbons (Fsp3) is 0.167. The highest BCUT2D eigenvalue weighted by Gasteiger charge is 2.00. The van der Waals surface area contributed by atoms with Gasteiger partial charge in [-0.05, 0) is 29.5 Å². The Morgan fingerprint density at radius 3 is 2.33 bits per heavy atom. The first-order chi connectivity index (χ1) is 10.3. The molecule has 0 radical (unpaired) electrons. The molecular formula is C18H19NO2. The van der Waals surface area contributed by atoms with E-state index < -0.39 is 0 Å². The summed E-state index contributed by atoms with van der Waals surface area (Å²) in [7, 11) is 0. The van der Waals surface area contributed by atoms with Gasteiger partial charge >= 0.3 is 0 Å². The van der Waals surface area contributed by atoms with Gasteiger partial charge < -0.3 is 0 Å². The molecule has 0 bridgehead atoms. The van der Waals surface area contributed by atoms with Crippen LogP contribution in [0.5, 0.6) is 0 Å². The van der Waals surface area contributed by atoms with Crippen LogP contribution in [0.25, 0.3) is 6.08 Å². The number of hydroxylamine groups is 1. The Morgan fingerprint density at radius 1 is 1.00 bits per heavy atom. The minimum atomic E-state index is -0.357. The highest BCUT2D eigenvalue weighted by molar-refractivity contribution is 5.74. The van der Waals surface area contributed by atoms with Gasteiger partial charge in [0, 0.05) is 6.42 Å². The van der Waals surface area contributed by atoms with Crippen LogP contribution in [-0.4, -0.2) is 11.1 Å². The Bertz CT molecular complexity index is 588. The summed E-state index contributed by atoms with van der Waals surface area (Å²) in [5.74, 6) is -0.357. The van der Waals surface area contributed by atoms with Crippen molar-refractivity contribution in [3.8, 4) is 0 Å². The third-order valence-corrected chi connectivity index (χ3v) is 3.25. The lowest BCUT2D eigenvalue weighted by molar-refractivity contribution is -0.129. The zero-order valence-electron chi connectivity index (χ0n) is 11.8. The molecule has 3 nitrogen and oxygen atoms in total. The molecule has 1 amide bonds. The molecule has 0 aliphatic rings. The summed E-state index contributed by atoms with van der Waals surface area (Å²) >= 11 is 0. The van der Waals surface area contributed by atoms with E-state index in [1.165, 1.54) is 11.1 Å². The molecule has 2 N–H and O–H groups in total. The summed E-state index contributed by atoms with van der Waals surface area (Å²) in [4.78, 5) is 11.0. The number of allylic oxidation sites excluding steroid dienone is 1. The molecule has 0 heterocycles. The second-order valence-corrected chi connectivity index (χ2v) is 4.87. The van der Waals surface area contributed by atoms with Crippen molar-refractivity contribution >= 4 is 12.0 Å². The second-order valence-electron chi connectivity index (χ2n) is 4.87. The van der Waals surface area contributed by atoms with Crippen LogP contribution in [0, 0.1) is 0 Å². The Balaban J connectivity index is 1.85. The maximum absolute atomic E-state index is 11.0. The molecular weight excluding hydrogens is 262 g/mol. The van der Waals surface area contributed by atoms with Crippen LogP contribution in [0.3, 0.4) is 0 Å². The Kier molecular flexibility index (Phi) is 5.73. The zero-order valence-corrected chi connectivity index (χ0v) is 11.8. The Morgan fingerprint density at radius 2 is 1.67 bits per heavy atom. The molecule has 0 aromatic heterocycles. The summed E-state index contributed by atoms with van der Waals surface area (Å²) in [6.45, 7) is 0. The highest BCUT2D eigenvalue weighted by Crippen LogP contribution is 2.09. The van der Waals surface area contributed by atoms with E-state index in [1.54, 1.807) is 5.48 Å². The number of rotatable bonds is 6. The molecule has 0 saturated carbocycles. The average Bonchev–Trinajstić information content (AvgIpc) is 2.55. The van der Waals surface area contributed by atoms with Gasteiger partial charge in [0.15, 0.2) is 0 Å². The van der Waals surface area contributed by atoms with Crippen molar-refractivity contribution in [2.24, 2.45) is 0 Å². The van der Waals surface area contributed by atoms with Crippen LogP contribution < -0.4 is 5.48 Å². The van der Waals surface area contributed by atoms with Crippen LogP contribution in [-0.2, 0) is 17.6 Å². The Labute approximate surface area is 124 Å². The number of amides is 1. The summed E-state index contributed by atoms with van der Waals surface area (Å²) in [5, 5.41) is 8.44. The molecule has 0 saturated heterocycles. The van der Waals surface area contributed by atoms with E-state index in [9.17, 15) is 4.79 Å². The SMILES string of the molecule is O=C(CCc1ccc(C/C=C/c2ccccc2)cc1)NO. The quantitative estimate of drug-likeness (QED) is 0.630. The third-order valence-electron chi connectivity index (χ3n) is 3.25. The third kappa shape index (κ3) is 5.24. The lowest BCUT2D eigenvalue weighted by Gasteiger charge is -2.02. The fourth-order valence-corrected chi connectivity index (χ4v) is 2.05. The summed E-state index contributed by atoms with van der Waals surface area (Å²) in [6.07, 6.45) is 6.06. The largest absolute Gasteiger partial charge is 0.289 e. The number of aryl methyl sites for hydroxylation is 1. The maximum Gasteiger partial charge on any atom is 0.243 e. The zero-order chi connectivity index (χ0) is 14.9. The van der Waals surface area contributed by atoms with Crippen LogP contribution in [0.15, 0.2) is 60.7 Å². The standard InChI is InChI=1S/C18H19NO2/c20-18(19-21)14-13-17-11-9-16(10-12-17)8-4-7-15-5-2-1-3-6-15/h1-7,9-12,21H,8,13-14H2,(H,19,20)/b7-4+. The molecule has 0 atom stereocenters. The number of hydrogen-bond donors (Lipinski definition) is 2. The molecule has 2 aromatic carbocycles. The molecule has 0 aliphatic carbocycles. The van der Waals surface area contributed by atoms with Crippen molar-refractivity contribution < 1.29 is 10.0 Å². The van der Waals surface area contributed by atoms with Crippen molar-refractivity contribution in [1.29, 1.82) is 0 Å². The first-order valence-corrected chi connectivity index (χ1v) is 7.00. The van der Waals surface area contributed by atoms with Gasteiger partial charge in [0.1, 0.15) is 0 Å². The lowest BCUT2D eigenvalue weighted by atomic mass is 10.0. The van der Waals surface area contributed by atoms with Crippen molar-refractivity contribution in [3.05, 3.63) is 77.4 Å². The van der Waals surface area contributed by atoms with Crippen LogP contribution in [0.1, 0.15) is 23.1 Å². The van der Waals surface area contributed by atoms with Crippen molar-refractivity contribution in [2.75, 3.05) is 0 Å². The first-order valence-electron chi connectivity index (χ1n) is 7.00. The van der Waals surface area contributed by atoms with E-state index in [0.717, 1.165) is 12.0 Å². The predicted octanol–water partition coefficient (Wildman–Crippen LogP) is 3.38. The average molecular weight is 281 g/mol. The number of hydrogen-bond acceptors (Lipinski definition) is 2. The minimum Gasteiger partial charge on any atom is -0.289 e. The van der Waals surface area contributed by atoms with E-state index in [0.29, 0.717) is 12.8 Å². The van der Waals surface area contributed by atoms with Crippen molar-refractivity contribution in [2.45, 2.75) is 19.3 Å². The van der Waals surface area contributed by atoms with E-state index in [1.807, 2.05) is 30.3 Å². The van der Waals surface area contributed by atoms with E-state index in [4.69, 9.17) is 5.21 Å². The van der Waals surface area contributed by atoms with Gasteiger partial charge in [-0.15, -0.1) is 0 Å². The lowest BCUT2D eigenvalue weighted by Crippen LogP contribution is -2.18. The van der Waals surface area contributed by atoms with Crippen LogP contribution >= 0.6 is 0 Å². The normalized spacial score (nSPS) is 10.7. The van der Waals surface area contributed by atoms with Gasteiger partial charge in [-0.3, -0.25) is 10.0 Å². The van der Waals surface area contributed by atoms with Gasteiger partial charge in [0.25, 0.3) is 0 Å². The number of carbonyl (C=O) groups excluding carboxylic acids is 1. The number of nitrogens with one attached hydrogen (secondary N) is 1. The van der Waals surface area contributed by atoms with Gasteiger partial charge in [-0.1, -0.05) is 66.7 Å². The summed E-state index contributed by atoms with van der Waals surface area (Å²) < 4.78 is 0. The highest BCUT2D eigenvalue weighted by atomic mass is 16.5. The molecule has 21 heavy (non-hydrogen) atoms. The van der Waals surface area contributed by atoms with Gasteiger partial charge in [-0.25, -0.2) is 5.48 Å². The van der Waals surface area contributed by atoms with Gasteiger partial charge in [-0.2, -0.15) is 0 Å². The summed E-state index contributed by atoms with van der Waals surface area (Å²) in [5.41, 5.74) is 5.17.